The minimum atomic E-state index is -0.0386. The van der Waals surface area contributed by atoms with Crippen LogP contribution in [0.2, 0.25) is 0 Å². The van der Waals surface area contributed by atoms with E-state index in [0.717, 1.165) is 11.4 Å². The van der Waals surface area contributed by atoms with Crippen molar-refractivity contribution >= 4 is 28.5 Å². The zero-order valence-corrected chi connectivity index (χ0v) is 9.30. The lowest BCUT2D eigenvalue weighted by Gasteiger charge is -2.12. The maximum Gasteiger partial charge on any atom is 0.248 e. The summed E-state index contributed by atoms with van der Waals surface area (Å²) < 4.78 is 0. The van der Waals surface area contributed by atoms with E-state index in [1.54, 1.807) is 11.8 Å². The molecule has 1 aromatic rings. The van der Waals surface area contributed by atoms with Crippen LogP contribution >= 0.6 is 11.8 Å². The van der Waals surface area contributed by atoms with Gasteiger partial charge in [-0.1, -0.05) is 29.5 Å². The number of hydrogen-bond acceptors (Lipinski definition) is 3. The van der Waals surface area contributed by atoms with Crippen molar-refractivity contribution in [2.75, 3.05) is 11.1 Å². The van der Waals surface area contributed by atoms with Crippen molar-refractivity contribution < 1.29 is 4.79 Å². The highest BCUT2D eigenvalue weighted by atomic mass is 32.2. The molecule has 0 radical (unpaired) electrons. The zero-order valence-electron chi connectivity index (χ0n) is 8.49. The van der Waals surface area contributed by atoms with Gasteiger partial charge in [-0.2, -0.15) is 4.99 Å². The van der Waals surface area contributed by atoms with Crippen LogP contribution in [0.1, 0.15) is 12.0 Å². The van der Waals surface area contributed by atoms with Crippen LogP contribution in [0, 0.1) is 6.92 Å². The van der Waals surface area contributed by atoms with Gasteiger partial charge in [0, 0.05) is 17.9 Å². The van der Waals surface area contributed by atoms with E-state index in [1.807, 2.05) is 31.2 Å². The average molecular weight is 220 g/mol. The second-order valence-electron chi connectivity index (χ2n) is 3.40. The summed E-state index contributed by atoms with van der Waals surface area (Å²) in [5.41, 5.74) is 2.19. The molecule has 0 spiro atoms. The van der Waals surface area contributed by atoms with Crippen LogP contribution in [0.15, 0.2) is 29.3 Å². The number of carbonyl (C=O) groups excluding carboxylic acids is 1. The molecule has 0 unspecified atom stereocenters. The number of aliphatic imine (C=N–C) groups is 1. The van der Waals surface area contributed by atoms with E-state index in [4.69, 9.17) is 0 Å². The van der Waals surface area contributed by atoms with E-state index >= 15 is 0 Å². The van der Waals surface area contributed by atoms with Crippen LogP contribution in [0.5, 0.6) is 0 Å². The lowest BCUT2D eigenvalue weighted by atomic mass is 10.2. The van der Waals surface area contributed by atoms with Crippen molar-refractivity contribution in [3.8, 4) is 0 Å². The zero-order chi connectivity index (χ0) is 10.7. The smallest absolute Gasteiger partial charge is 0.248 e. The third kappa shape index (κ3) is 2.83. The molecule has 1 aromatic carbocycles. The van der Waals surface area contributed by atoms with Gasteiger partial charge in [0.25, 0.3) is 0 Å². The van der Waals surface area contributed by atoms with Gasteiger partial charge in [0.05, 0.1) is 0 Å². The number of aryl methyl sites for hydroxylation is 1. The van der Waals surface area contributed by atoms with Crippen molar-refractivity contribution in [1.82, 2.24) is 0 Å². The highest BCUT2D eigenvalue weighted by molar-refractivity contribution is 8.14. The van der Waals surface area contributed by atoms with E-state index in [1.165, 1.54) is 5.56 Å². The average Bonchev–Trinajstić information content (AvgIpc) is 2.22. The fourth-order valence-corrected chi connectivity index (χ4v) is 2.09. The Morgan fingerprint density at radius 2 is 2.07 bits per heavy atom. The largest absolute Gasteiger partial charge is 0.335 e. The quantitative estimate of drug-likeness (QED) is 0.790. The predicted molar refractivity (Wildman–Crippen MR) is 64.3 cm³/mol. The molecule has 2 rings (SSSR count). The molecular weight excluding hydrogens is 208 g/mol. The van der Waals surface area contributed by atoms with Crippen LogP contribution in [0.3, 0.4) is 0 Å². The number of thioether (sulfide) groups is 1. The van der Waals surface area contributed by atoms with Crippen LogP contribution in [0.25, 0.3) is 0 Å². The van der Waals surface area contributed by atoms with Crippen LogP contribution in [-0.2, 0) is 4.79 Å². The van der Waals surface area contributed by atoms with E-state index < -0.39 is 0 Å². The van der Waals surface area contributed by atoms with Gasteiger partial charge >= 0.3 is 0 Å². The number of nitrogens with one attached hydrogen (secondary N) is 1. The molecule has 0 atom stereocenters. The second kappa shape index (κ2) is 4.49. The predicted octanol–water partition coefficient (Wildman–Crippen LogP) is 2.43. The first kappa shape index (κ1) is 10.2. The van der Waals surface area contributed by atoms with Gasteiger partial charge in [-0.05, 0) is 19.1 Å². The minimum absolute atomic E-state index is 0.0386. The number of nitrogens with zero attached hydrogens (tertiary/aromatic N) is 1. The number of anilines is 1. The van der Waals surface area contributed by atoms with Gasteiger partial charge < -0.3 is 5.32 Å². The Hall–Kier alpha value is -1.29. The third-order valence-electron chi connectivity index (χ3n) is 2.08. The molecule has 1 aliphatic heterocycles. The number of benzene rings is 1. The van der Waals surface area contributed by atoms with Gasteiger partial charge in [0.2, 0.25) is 5.91 Å². The van der Waals surface area contributed by atoms with Gasteiger partial charge in [0.15, 0.2) is 5.17 Å². The Kier molecular flexibility index (Phi) is 3.06. The van der Waals surface area contributed by atoms with Crippen molar-refractivity contribution in [1.29, 1.82) is 0 Å². The maximum atomic E-state index is 11.1. The van der Waals surface area contributed by atoms with Crippen LogP contribution in [0.4, 0.5) is 5.69 Å². The number of rotatable bonds is 1. The summed E-state index contributed by atoms with van der Waals surface area (Å²) in [4.78, 5) is 15.0. The van der Waals surface area contributed by atoms with E-state index in [0.29, 0.717) is 11.6 Å². The standard InChI is InChI=1S/C11H12N2OS/c1-8-2-4-9(5-3-8)12-11-13-10(14)6-7-15-11/h2-5H,6-7H2,1H3,(H,12,13,14). The molecule has 1 heterocycles. The second-order valence-corrected chi connectivity index (χ2v) is 4.48. The molecular formula is C11H12N2OS. The molecule has 0 saturated heterocycles. The molecule has 0 aliphatic carbocycles. The Labute approximate surface area is 93.0 Å². The van der Waals surface area contributed by atoms with Crippen molar-refractivity contribution in [3.63, 3.8) is 0 Å². The summed E-state index contributed by atoms with van der Waals surface area (Å²) in [7, 11) is 0. The maximum absolute atomic E-state index is 11.1. The minimum Gasteiger partial charge on any atom is -0.335 e. The first-order valence-corrected chi connectivity index (χ1v) is 5.80. The molecule has 4 heteroatoms. The van der Waals surface area contributed by atoms with E-state index in [2.05, 4.69) is 10.3 Å². The lowest BCUT2D eigenvalue weighted by Crippen LogP contribution is -2.16. The van der Waals surface area contributed by atoms with Crippen molar-refractivity contribution in [2.24, 2.45) is 4.99 Å². The lowest BCUT2D eigenvalue weighted by molar-refractivity contribution is -0.117. The molecule has 78 valence electrons. The molecule has 1 N–H and O–H groups in total. The molecule has 0 aromatic heterocycles. The molecule has 1 amide bonds. The fourth-order valence-electron chi connectivity index (χ4n) is 1.26. The molecule has 0 bridgehead atoms. The van der Waals surface area contributed by atoms with Gasteiger partial charge in [0.1, 0.15) is 0 Å². The normalized spacial score (nSPS) is 16.1. The van der Waals surface area contributed by atoms with Gasteiger partial charge in [-0.15, -0.1) is 0 Å². The fraction of sp³-hybridized carbons (Fsp3) is 0.273. The molecule has 15 heavy (non-hydrogen) atoms. The summed E-state index contributed by atoms with van der Waals surface area (Å²) in [6, 6.07) is 8.02. The van der Waals surface area contributed by atoms with Crippen LogP contribution < -0.4 is 5.32 Å². The van der Waals surface area contributed by atoms with Gasteiger partial charge in [-0.3, -0.25) is 4.79 Å². The van der Waals surface area contributed by atoms with Crippen molar-refractivity contribution in [3.05, 3.63) is 29.8 Å². The highest BCUT2D eigenvalue weighted by Gasteiger charge is 2.11. The Bertz CT molecular complexity index is 398. The summed E-state index contributed by atoms with van der Waals surface area (Å²) in [6.45, 7) is 2.04. The molecule has 0 fully saturated rings. The Morgan fingerprint density at radius 1 is 1.33 bits per heavy atom. The first-order valence-electron chi connectivity index (χ1n) is 4.82. The van der Waals surface area contributed by atoms with E-state index in [-0.39, 0.29) is 5.91 Å². The summed E-state index contributed by atoms with van der Waals surface area (Å²) >= 11 is 1.58. The SMILES string of the molecule is Cc1ccc(NC2=NC(=O)CCS2)cc1. The number of amidine groups is 1. The van der Waals surface area contributed by atoms with Crippen LogP contribution in [-0.4, -0.2) is 16.8 Å². The van der Waals surface area contributed by atoms with Crippen molar-refractivity contribution in [2.45, 2.75) is 13.3 Å². The number of hydrogen-bond donors (Lipinski definition) is 1. The summed E-state index contributed by atoms with van der Waals surface area (Å²) in [5.74, 6) is 0.777. The molecule has 0 saturated carbocycles. The molecule has 3 nitrogen and oxygen atoms in total. The molecule has 1 aliphatic rings. The summed E-state index contributed by atoms with van der Waals surface area (Å²) in [6.07, 6.45) is 0.545. The van der Waals surface area contributed by atoms with E-state index in [9.17, 15) is 4.79 Å². The first-order chi connectivity index (χ1) is 7.24. The topological polar surface area (TPSA) is 41.5 Å². The number of carbonyl (C=O) groups is 1. The highest BCUT2D eigenvalue weighted by Crippen LogP contribution is 2.16. The Morgan fingerprint density at radius 3 is 2.73 bits per heavy atom. The van der Waals surface area contributed by atoms with Gasteiger partial charge in [-0.25, -0.2) is 0 Å². The monoisotopic (exact) mass is 220 g/mol. The third-order valence-corrected chi connectivity index (χ3v) is 2.96. The number of amides is 1. The summed E-state index contributed by atoms with van der Waals surface area (Å²) in [5, 5.41) is 3.83. The Balaban J connectivity index is 2.08.